The van der Waals surface area contributed by atoms with E-state index in [-0.39, 0.29) is 0 Å². The molecule has 4 nitrogen and oxygen atoms in total. The van der Waals surface area contributed by atoms with Crippen LogP contribution < -0.4 is 5.32 Å². The Morgan fingerprint density at radius 3 is 2.64 bits per heavy atom. The molecule has 0 fully saturated rings. The Morgan fingerprint density at radius 1 is 1.04 bits per heavy atom. The van der Waals surface area contributed by atoms with Crippen LogP contribution in [0.4, 0.5) is 18.3 Å². The van der Waals surface area contributed by atoms with E-state index in [9.17, 15) is 13.2 Å². The number of nitrogens with one attached hydrogen (secondary N) is 2. The molecular formula is C20H17F3N4S. The van der Waals surface area contributed by atoms with Crippen molar-refractivity contribution in [2.45, 2.75) is 19.0 Å². The Kier molecular flexibility index (Phi) is 5.04. The zero-order chi connectivity index (χ0) is 19.6. The quantitative estimate of drug-likeness (QED) is 0.404. The number of alkyl halides is 3. The first-order valence-corrected chi connectivity index (χ1v) is 9.60. The highest BCUT2D eigenvalue weighted by atomic mass is 32.1. The molecule has 0 atom stereocenters. The van der Waals surface area contributed by atoms with E-state index in [1.54, 1.807) is 17.5 Å². The van der Waals surface area contributed by atoms with Crippen molar-refractivity contribution in [2.75, 3.05) is 11.9 Å². The zero-order valence-corrected chi connectivity index (χ0v) is 15.6. The van der Waals surface area contributed by atoms with Gasteiger partial charge in [-0.05, 0) is 42.2 Å². The molecule has 4 rings (SSSR count). The average molecular weight is 402 g/mol. The van der Waals surface area contributed by atoms with Crippen molar-refractivity contribution in [2.24, 2.45) is 0 Å². The SMILES string of the molecule is FC(F)(F)c1ccc(CCCNc2ncc(-c3ccc4cn[nH]c4c3)s2)cc1. The summed E-state index contributed by atoms with van der Waals surface area (Å²) in [7, 11) is 0. The highest BCUT2D eigenvalue weighted by Gasteiger charge is 2.29. The van der Waals surface area contributed by atoms with Crippen LogP contribution in [-0.4, -0.2) is 21.7 Å². The number of aryl methyl sites for hydroxylation is 1. The summed E-state index contributed by atoms with van der Waals surface area (Å²) in [6.07, 6.45) is 0.848. The summed E-state index contributed by atoms with van der Waals surface area (Å²) < 4.78 is 37.7. The number of aromatic nitrogens is 3. The number of anilines is 1. The number of rotatable bonds is 6. The Bertz CT molecular complexity index is 1070. The van der Waals surface area contributed by atoms with Crippen LogP contribution in [0.25, 0.3) is 21.3 Å². The standard InChI is InChI=1S/C20H17F3N4S/c21-20(22,23)16-7-3-13(4-8-16)2-1-9-24-19-25-12-18(28-19)14-5-6-15-11-26-27-17(15)10-14/h3-8,10-12H,1-2,9H2,(H,24,25)(H,26,27). The Labute approximate surface area is 163 Å². The van der Waals surface area contributed by atoms with E-state index in [1.165, 1.54) is 12.1 Å². The van der Waals surface area contributed by atoms with E-state index in [2.05, 4.69) is 20.5 Å². The Hall–Kier alpha value is -2.87. The Morgan fingerprint density at radius 2 is 1.86 bits per heavy atom. The summed E-state index contributed by atoms with van der Waals surface area (Å²) in [5.41, 5.74) is 2.34. The number of halogens is 3. The zero-order valence-electron chi connectivity index (χ0n) is 14.8. The molecule has 8 heteroatoms. The van der Waals surface area contributed by atoms with Crippen molar-refractivity contribution in [1.82, 2.24) is 15.2 Å². The second-order valence-corrected chi connectivity index (χ2v) is 7.46. The molecule has 2 aromatic heterocycles. The van der Waals surface area contributed by atoms with Crippen LogP contribution in [0, 0.1) is 0 Å². The first kappa shape index (κ1) is 18.5. The van der Waals surface area contributed by atoms with Crippen LogP contribution in [0.5, 0.6) is 0 Å². The average Bonchev–Trinajstić information content (AvgIpc) is 3.33. The van der Waals surface area contributed by atoms with Crippen LogP contribution in [0.3, 0.4) is 0 Å². The molecule has 0 radical (unpaired) electrons. The van der Waals surface area contributed by atoms with Gasteiger partial charge in [0.2, 0.25) is 0 Å². The van der Waals surface area contributed by atoms with E-state index < -0.39 is 11.7 Å². The highest BCUT2D eigenvalue weighted by molar-refractivity contribution is 7.18. The molecule has 0 aliphatic heterocycles. The lowest BCUT2D eigenvalue weighted by Crippen LogP contribution is -2.05. The largest absolute Gasteiger partial charge is 0.416 e. The van der Waals surface area contributed by atoms with E-state index >= 15 is 0 Å². The lowest BCUT2D eigenvalue weighted by molar-refractivity contribution is -0.137. The number of hydrogen-bond acceptors (Lipinski definition) is 4. The molecule has 2 heterocycles. The summed E-state index contributed by atoms with van der Waals surface area (Å²) in [4.78, 5) is 5.46. The first-order valence-electron chi connectivity index (χ1n) is 8.78. The molecule has 0 saturated heterocycles. The van der Waals surface area contributed by atoms with Crippen LogP contribution in [0.15, 0.2) is 54.9 Å². The van der Waals surface area contributed by atoms with Gasteiger partial charge in [0.25, 0.3) is 0 Å². The molecule has 0 spiro atoms. The van der Waals surface area contributed by atoms with E-state index in [4.69, 9.17) is 0 Å². The summed E-state index contributed by atoms with van der Waals surface area (Å²) in [6, 6.07) is 11.4. The molecule has 2 aromatic carbocycles. The van der Waals surface area contributed by atoms with Crippen LogP contribution in [0.1, 0.15) is 17.5 Å². The van der Waals surface area contributed by atoms with Gasteiger partial charge >= 0.3 is 6.18 Å². The molecule has 0 amide bonds. The third-order valence-corrected chi connectivity index (χ3v) is 5.44. The minimum atomic E-state index is -4.29. The van der Waals surface area contributed by atoms with Crippen molar-refractivity contribution in [3.63, 3.8) is 0 Å². The lowest BCUT2D eigenvalue weighted by atomic mass is 10.1. The van der Waals surface area contributed by atoms with E-state index in [1.807, 2.05) is 24.4 Å². The van der Waals surface area contributed by atoms with Crippen LogP contribution >= 0.6 is 11.3 Å². The third-order valence-electron chi connectivity index (χ3n) is 4.43. The van der Waals surface area contributed by atoms with Gasteiger partial charge in [-0.2, -0.15) is 18.3 Å². The minimum Gasteiger partial charge on any atom is -0.361 e. The molecule has 28 heavy (non-hydrogen) atoms. The van der Waals surface area contributed by atoms with Gasteiger partial charge in [0.1, 0.15) is 0 Å². The minimum absolute atomic E-state index is 0.613. The summed E-state index contributed by atoms with van der Waals surface area (Å²) in [6.45, 7) is 0.702. The number of thiazole rings is 1. The maximum Gasteiger partial charge on any atom is 0.416 e. The van der Waals surface area contributed by atoms with Gasteiger partial charge in [-0.25, -0.2) is 4.98 Å². The van der Waals surface area contributed by atoms with Gasteiger partial charge in [0, 0.05) is 18.1 Å². The third kappa shape index (κ3) is 4.17. The molecule has 144 valence electrons. The number of hydrogen-bond donors (Lipinski definition) is 2. The van der Waals surface area contributed by atoms with Crippen LogP contribution in [-0.2, 0) is 12.6 Å². The number of aromatic amines is 1. The van der Waals surface area contributed by atoms with Crippen molar-refractivity contribution < 1.29 is 13.2 Å². The molecule has 0 unspecified atom stereocenters. The van der Waals surface area contributed by atoms with E-state index in [0.29, 0.717) is 13.0 Å². The second kappa shape index (κ2) is 7.63. The predicted molar refractivity (Wildman–Crippen MR) is 105 cm³/mol. The molecular weight excluding hydrogens is 385 g/mol. The van der Waals surface area contributed by atoms with Gasteiger partial charge in [-0.1, -0.05) is 35.6 Å². The molecule has 0 aliphatic carbocycles. The number of nitrogens with zero attached hydrogens (tertiary/aromatic N) is 2. The molecule has 0 bridgehead atoms. The van der Waals surface area contributed by atoms with Gasteiger partial charge in [-0.15, -0.1) is 0 Å². The fourth-order valence-corrected chi connectivity index (χ4v) is 3.77. The number of H-pyrrole nitrogens is 1. The van der Waals surface area contributed by atoms with Crippen molar-refractivity contribution >= 4 is 27.4 Å². The highest BCUT2D eigenvalue weighted by Crippen LogP contribution is 2.31. The summed E-state index contributed by atoms with van der Waals surface area (Å²) >= 11 is 1.57. The molecule has 2 N–H and O–H groups in total. The second-order valence-electron chi connectivity index (χ2n) is 6.43. The summed E-state index contributed by atoms with van der Waals surface area (Å²) in [5.74, 6) is 0. The van der Waals surface area contributed by atoms with Crippen LogP contribution in [0.2, 0.25) is 0 Å². The number of benzene rings is 2. The van der Waals surface area contributed by atoms with E-state index in [0.717, 1.165) is 50.6 Å². The topological polar surface area (TPSA) is 53.6 Å². The Balaban J connectivity index is 1.30. The lowest BCUT2D eigenvalue weighted by Gasteiger charge is -2.07. The van der Waals surface area contributed by atoms with Gasteiger partial charge in [0.15, 0.2) is 5.13 Å². The summed E-state index contributed by atoms with van der Waals surface area (Å²) in [5, 5.41) is 12.2. The van der Waals surface area contributed by atoms with Gasteiger partial charge in [0.05, 0.1) is 22.2 Å². The first-order chi connectivity index (χ1) is 13.5. The normalized spacial score (nSPS) is 11.8. The fraction of sp³-hybridized carbons (Fsp3) is 0.200. The van der Waals surface area contributed by atoms with Crippen molar-refractivity contribution in [1.29, 1.82) is 0 Å². The fourth-order valence-electron chi connectivity index (χ4n) is 2.93. The maximum atomic E-state index is 12.6. The monoisotopic (exact) mass is 402 g/mol. The molecule has 4 aromatic rings. The maximum absolute atomic E-state index is 12.6. The van der Waals surface area contributed by atoms with Crippen molar-refractivity contribution in [3.05, 3.63) is 66.0 Å². The number of fused-ring (bicyclic) bond motifs is 1. The predicted octanol–water partition coefficient (Wildman–Crippen LogP) is 5.75. The van der Waals surface area contributed by atoms with Gasteiger partial charge in [-0.3, -0.25) is 5.10 Å². The smallest absolute Gasteiger partial charge is 0.361 e. The van der Waals surface area contributed by atoms with Crippen molar-refractivity contribution in [3.8, 4) is 10.4 Å². The van der Waals surface area contributed by atoms with Gasteiger partial charge < -0.3 is 5.32 Å². The molecule has 0 saturated carbocycles. The molecule has 0 aliphatic rings.